The standard InChI is InChI=1S/C13H12ClN3O2/c14-10-3-1-2-9-8(4-5-16-13(9)19)6-11(10)17-12(18)7-15/h4-6,10H,2,7,15H2,(H,16,19)(H,17,18)/b11-6+. The summed E-state index contributed by atoms with van der Waals surface area (Å²) in [6, 6.07) is 1.74. The van der Waals surface area contributed by atoms with Crippen LogP contribution in [0.4, 0.5) is 0 Å². The summed E-state index contributed by atoms with van der Waals surface area (Å²) in [6.07, 6.45) is 3.52. The van der Waals surface area contributed by atoms with Crippen LogP contribution in [0.2, 0.25) is 0 Å². The summed E-state index contributed by atoms with van der Waals surface area (Å²) in [6.45, 7) is -0.142. The van der Waals surface area contributed by atoms with E-state index < -0.39 is 5.38 Å². The third-order valence-corrected chi connectivity index (χ3v) is 2.99. The number of aromatic nitrogens is 1. The van der Waals surface area contributed by atoms with Crippen LogP contribution in [0.3, 0.4) is 0 Å². The molecule has 98 valence electrons. The highest BCUT2D eigenvalue weighted by Crippen LogP contribution is 2.16. The Balaban J connectivity index is 2.48. The second-order valence-electron chi connectivity index (χ2n) is 3.95. The Morgan fingerprint density at radius 1 is 1.63 bits per heavy atom. The van der Waals surface area contributed by atoms with Crippen molar-refractivity contribution < 1.29 is 4.79 Å². The Bertz CT molecular complexity index is 652. The Labute approximate surface area is 114 Å². The Kier molecular flexibility index (Phi) is 4.05. The second kappa shape index (κ2) is 5.74. The summed E-state index contributed by atoms with van der Waals surface area (Å²) in [4.78, 5) is 25.6. The zero-order valence-electron chi connectivity index (χ0n) is 10.00. The summed E-state index contributed by atoms with van der Waals surface area (Å²) < 4.78 is 0. The Morgan fingerprint density at radius 3 is 3.16 bits per heavy atom. The monoisotopic (exact) mass is 277 g/mol. The molecule has 0 saturated heterocycles. The highest BCUT2D eigenvalue weighted by atomic mass is 35.5. The first-order valence-corrected chi connectivity index (χ1v) is 6.10. The summed E-state index contributed by atoms with van der Waals surface area (Å²) >= 11 is 6.08. The first-order chi connectivity index (χ1) is 9.11. The number of carbonyl (C=O) groups is 1. The van der Waals surface area contributed by atoms with Crippen molar-refractivity contribution in [1.29, 1.82) is 0 Å². The molecule has 1 aliphatic rings. The molecule has 1 aliphatic carbocycles. The van der Waals surface area contributed by atoms with E-state index in [1.807, 2.05) is 0 Å². The van der Waals surface area contributed by atoms with Crippen molar-refractivity contribution >= 4 is 23.6 Å². The Hall–Kier alpha value is -2.03. The van der Waals surface area contributed by atoms with Gasteiger partial charge in [-0.1, -0.05) is 11.8 Å². The number of rotatable bonds is 2. The molecule has 6 heteroatoms. The molecule has 19 heavy (non-hydrogen) atoms. The third kappa shape index (κ3) is 3.05. The number of hydrogen-bond donors (Lipinski definition) is 3. The molecule has 0 saturated carbocycles. The molecule has 0 aliphatic heterocycles. The van der Waals surface area contributed by atoms with Crippen LogP contribution in [0.5, 0.6) is 0 Å². The van der Waals surface area contributed by atoms with Crippen LogP contribution in [-0.2, 0) is 11.2 Å². The molecule has 0 aromatic carbocycles. The van der Waals surface area contributed by atoms with Crippen molar-refractivity contribution in [3.63, 3.8) is 0 Å². The number of alkyl halides is 1. The van der Waals surface area contributed by atoms with Crippen molar-refractivity contribution in [2.75, 3.05) is 6.54 Å². The number of fused-ring (bicyclic) bond motifs is 1. The molecule has 4 N–H and O–H groups in total. The molecule has 2 rings (SSSR count). The van der Waals surface area contributed by atoms with Crippen LogP contribution < -0.4 is 16.6 Å². The van der Waals surface area contributed by atoms with Crippen molar-refractivity contribution in [3.8, 4) is 11.8 Å². The van der Waals surface area contributed by atoms with Crippen LogP contribution in [-0.4, -0.2) is 22.8 Å². The van der Waals surface area contributed by atoms with Gasteiger partial charge in [0.2, 0.25) is 5.91 Å². The Morgan fingerprint density at radius 2 is 2.42 bits per heavy atom. The number of allylic oxidation sites excluding steroid dienone is 1. The number of pyridine rings is 1. The second-order valence-corrected chi connectivity index (χ2v) is 4.39. The van der Waals surface area contributed by atoms with E-state index in [9.17, 15) is 9.59 Å². The lowest BCUT2D eigenvalue weighted by Gasteiger charge is -2.13. The smallest absolute Gasteiger partial charge is 0.252 e. The lowest BCUT2D eigenvalue weighted by atomic mass is 10.0. The lowest BCUT2D eigenvalue weighted by Crippen LogP contribution is -2.32. The lowest BCUT2D eigenvalue weighted by molar-refractivity contribution is -0.119. The average molecular weight is 278 g/mol. The summed E-state index contributed by atoms with van der Waals surface area (Å²) in [5.41, 5.74) is 6.73. The normalized spacial score (nSPS) is 19.9. The van der Waals surface area contributed by atoms with Gasteiger partial charge >= 0.3 is 0 Å². The van der Waals surface area contributed by atoms with Crippen LogP contribution in [0.15, 0.2) is 22.8 Å². The van der Waals surface area contributed by atoms with Crippen LogP contribution in [0.25, 0.3) is 6.08 Å². The number of nitrogens with two attached hydrogens (primary N) is 1. The van der Waals surface area contributed by atoms with Gasteiger partial charge in [-0.05, 0) is 17.7 Å². The van der Waals surface area contributed by atoms with Crippen LogP contribution >= 0.6 is 11.6 Å². The van der Waals surface area contributed by atoms with Crippen LogP contribution in [0, 0.1) is 11.8 Å². The van der Waals surface area contributed by atoms with Crippen molar-refractivity contribution in [3.05, 3.63) is 39.4 Å². The largest absolute Gasteiger partial charge is 0.329 e. The fourth-order valence-electron chi connectivity index (χ4n) is 1.70. The van der Waals surface area contributed by atoms with Crippen molar-refractivity contribution in [1.82, 2.24) is 10.3 Å². The van der Waals surface area contributed by atoms with Gasteiger partial charge in [0.1, 0.15) is 5.38 Å². The minimum Gasteiger partial charge on any atom is -0.329 e. The van der Waals surface area contributed by atoms with Gasteiger partial charge in [-0.15, -0.1) is 11.6 Å². The van der Waals surface area contributed by atoms with Gasteiger partial charge in [-0.25, -0.2) is 0 Å². The maximum Gasteiger partial charge on any atom is 0.252 e. The van der Waals surface area contributed by atoms with Gasteiger partial charge in [0.25, 0.3) is 5.56 Å². The van der Waals surface area contributed by atoms with Crippen molar-refractivity contribution in [2.24, 2.45) is 5.73 Å². The number of nitrogens with one attached hydrogen (secondary N) is 2. The third-order valence-electron chi connectivity index (χ3n) is 2.65. The van der Waals surface area contributed by atoms with E-state index in [1.54, 1.807) is 12.1 Å². The van der Waals surface area contributed by atoms with Gasteiger partial charge < -0.3 is 16.0 Å². The first-order valence-electron chi connectivity index (χ1n) is 5.66. The zero-order chi connectivity index (χ0) is 13.8. The highest BCUT2D eigenvalue weighted by Gasteiger charge is 2.15. The van der Waals surface area contributed by atoms with E-state index in [0.29, 0.717) is 23.2 Å². The summed E-state index contributed by atoms with van der Waals surface area (Å²) in [7, 11) is 0. The predicted octanol–water partition coefficient (Wildman–Crippen LogP) is -0.0424. The minimum absolute atomic E-state index is 0.142. The maximum absolute atomic E-state index is 11.7. The van der Waals surface area contributed by atoms with E-state index in [4.69, 9.17) is 17.3 Å². The maximum atomic E-state index is 11.7. The molecule has 0 fully saturated rings. The highest BCUT2D eigenvalue weighted by molar-refractivity contribution is 6.24. The molecule has 5 nitrogen and oxygen atoms in total. The molecule has 1 atom stereocenters. The number of hydrogen-bond acceptors (Lipinski definition) is 3. The SMILES string of the molecule is NCC(=O)N/C1=C/c2cc[nH]c(=O)c2CC#CC1Cl. The van der Waals surface area contributed by atoms with E-state index in [1.165, 1.54) is 6.20 Å². The molecule has 0 spiro atoms. The number of H-pyrrole nitrogens is 1. The summed E-state index contributed by atoms with van der Waals surface area (Å²) in [5.74, 6) is 5.25. The minimum atomic E-state index is -0.636. The molecule has 1 unspecified atom stereocenters. The molecule has 1 aromatic rings. The molecule has 0 bridgehead atoms. The summed E-state index contributed by atoms with van der Waals surface area (Å²) in [5, 5.41) is 1.96. The fourth-order valence-corrected chi connectivity index (χ4v) is 1.90. The number of amides is 1. The van der Waals surface area contributed by atoms with Crippen molar-refractivity contribution in [2.45, 2.75) is 11.8 Å². The van der Waals surface area contributed by atoms with Gasteiger partial charge in [0.15, 0.2) is 0 Å². The fraction of sp³-hybridized carbons (Fsp3) is 0.231. The van der Waals surface area contributed by atoms with E-state index in [2.05, 4.69) is 22.1 Å². The van der Waals surface area contributed by atoms with Gasteiger partial charge in [-0.3, -0.25) is 9.59 Å². The molecular formula is C13H12ClN3O2. The van der Waals surface area contributed by atoms with Gasteiger partial charge in [0, 0.05) is 23.9 Å². The number of aromatic amines is 1. The zero-order valence-corrected chi connectivity index (χ0v) is 10.8. The molecule has 0 radical (unpaired) electrons. The first kappa shape index (κ1) is 13.4. The van der Waals surface area contributed by atoms with Crippen LogP contribution in [0.1, 0.15) is 11.1 Å². The quantitative estimate of drug-likeness (QED) is 0.523. The van der Waals surface area contributed by atoms with Gasteiger partial charge in [0.05, 0.1) is 6.54 Å². The molecule has 1 heterocycles. The van der Waals surface area contributed by atoms with Gasteiger partial charge in [-0.2, -0.15) is 0 Å². The molecule has 1 amide bonds. The van der Waals surface area contributed by atoms with E-state index in [0.717, 1.165) is 0 Å². The van der Waals surface area contributed by atoms with E-state index >= 15 is 0 Å². The molecular weight excluding hydrogens is 266 g/mol. The predicted molar refractivity (Wildman–Crippen MR) is 73.4 cm³/mol. The topological polar surface area (TPSA) is 88.0 Å². The molecule has 1 aromatic heterocycles. The number of halogens is 1. The number of carbonyl (C=O) groups excluding carboxylic acids is 1. The van der Waals surface area contributed by atoms with E-state index in [-0.39, 0.29) is 18.0 Å². The average Bonchev–Trinajstić information content (AvgIpc) is 2.38.